The van der Waals surface area contributed by atoms with Gasteiger partial charge in [-0.3, -0.25) is 0 Å². The molecule has 0 heterocycles. The third kappa shape index (κ3) is 6.36. The number of rotatable bonds is 7. The minimum atomic E-state index is 0.395. The van der Waals surface area contributed by atoms with Gasteiger partial charge in [0, 0.05) is 7.11 Å². The van der Waals surface area contributed by atoms with Crippen LogP contribution in [0.3, 0.4) is 0 Å². The normalized spacial score (nSPS) is 13.4. The molecule has 1 heteroatoms. The molecule has 0 saturated carbocycles. The van der Waals surface area contributed by atoms with Gasteiger partial charge in [0.2, 0.25) is 0 Å². The summed E-state index contributed by atoms with van der Waals surface area (Å²) in [7, 11) is 1.77. The van der Waals surface area contributed by atoms with Crippen LogP contribution in [0.25, 0.3) is 0 Å². The number of methoxy groups -OCH3 is 1. The second-order valence-electron chi connectivity index (χ2n) is 3.00. The summed E-state index contributed by atoms with van der Waals surface area (Å²) in [6.45, 7) is 6.06. The Morgan fingerprint density at radius 2 is 2.00 bits per heavy atom. The molecule has 11 heavy (non-hydrogen) atoms. The van der Waals surface area contributed by atoms with E-state index in [2.05, 4.69) is 13.8 Å². The Morgan fingerprint density at radius 3 is 2.45 bits per heavy atom. The SMILES string of the molecule is [CH2]CC(CCCCCC)OC. The Balaban J connectivity index is 3.07. The molecular weight excluding hydrogens is 136 g/mol. The van der Waals surface area contributed by atoms with Gasteiger partial charge in [0.25, 0.3) is 0 Å². The summed E-state index contributed by atoms with van der Waals surface area (Å²) in [6, 6.07) is 0. The second kappa shape index (κ2) is 8.06. The molecule has 1 atom stereocenters. The molecule has 1 unspecified atom stereocenters. The molecule has 0 aromatic carbocycles. The van der Waals surface area contributed by atoms with E-state index >= 15 is 0 Å². The number of hydrogen-bond donors (Lipinski definition) is 0. The zero-order valence-corrected chi connectivity index (χ0v) is 7.94. The third-order valence-electron chi connectivity index (χ3n) is 2.03. The summed E-state index contributed by atoms with van der Waals surface area (Å²) < 4.78 is 5.22. The average molecular weight is 157 g/mol. The Bertz CT molecular complexity index is 67.3. The van der Waals surface area contributed by atoms with Crippen LogP contribution in [0.4, 0.5) is 0 Å². The van der Waals surface area contributed by atoms with Crippen molar-refractivity contribution in [2.75, 3.05) is 7.11 Å². The lowest BCUT2D eigenvalue weighted by molar-refractivity contribution is 0.0947. The van der Waals surface area contributed by atoms with Crippen molar-refractivity contribution in [1.29, 1.82) is 0 Å². The van der Waals surface area contributed by atoms with Gasteiger partial charge in [0.05, 0.1) is 6.10 Å². The molecule has 0 saturated heterocycles. The molecule has 0 aliphatic carbocycles. The van der Waals surface area contributed by atoms with E-state index in [9.17, 15) is 0 Å². The van der Waals surface area contributed by atoms with Crippen molar-refractivity contribution in [2.45, 2.75) is 51.6 Å². The lowest BCUT2D eigenvalue weighted by atomic mass is 10.1. The van der Waals surface area contributed by atoms with Crippen LogP contribution in [0.5, 0.6) is 0 Å². The highest BCUT2D eigenvalue weighted by Gasteiger charge is 2.02. The lowest BCUT2D eigenvalue weighted by Gasteiger charge is -2.11. The van der Waals surface area contributed by atoms with Gasteiger partial charge < -0.3 is 4.74 Å². The molecule has 1 nitrogen and oxygen atoms in total. The lowest BCUT2D eigenvalue weighted by Crippen LogP contribution is -2.08. The molecule has 0 N–H and O–H groups in total. The van der Waals surface area contributed by atoms with E-state index in [4.69, 9.17) is 4.74 Å². The summed E-state index contributed by atoms with van der Waals surface area (Å²) in [4.78, 5) is 0. The van der Waals surface area contributed by atoms with E-state index in [0.29, 0.717) is 6.10 Å². The first kappa shape index (κ1) is 11.0. The summed E-state index contributed by atoms with van der Waals surface area (Å²) in [5.41, 5.74) is 0. The van der Waals surface area contributed by atoms with Gasteiger partial charge >= 0.3 is 0 Å². The average Bonchev–Trinajstić information content (AvgIpc) is 2.05. The topological polar surface area (TPSA) is 9.23 Å². The van der Waals surface area contributed by atoms with E-state index in [-0.39, 0.29) is 0 Å². The highest BCUT2D eigenvalue weighted by molar-refractivity contribution is 4.58. The summed E-state index contributed by atoms with van der Waals surface area (Å²) in [5, 5.41) is 0. The molecular formula is C10H21O. The summed E-state index contributed by atoms with van der Waals surface area (Å²) >= 11 is 0. The van der Waals surface area contributed by atoms with Gasteiger partial charge in [-0.25, -0.2) is 0 Å². The van der Waals surface area contributed by atoms with Crippen LogP contribution in [0.1, 0.15) is 45.4 Å². The molecule has 0 rings (SSSR count). The molecule has 0 bridgehead atoms. The van der Waals surface area contributed by atoms with Crippen LogP contribution in [-0.4, -0.2) is 13.2 Å². The van der Waals surface area contributed by atoms with E-state index in [0.717, 1.165) is 6.42 Å². The molecule has 1 radical (unpaired) electrons. The second-order valence-corrected chi connectivity index (χ2v) is 3.00. The van der Waals surface area contributed by atoms with E-state index in [1.165, 1.54) is 32.1 Å². The number of unbranched alkanes of at least 4 members (excludes halogenated alkanes) is 3. The molecule has 0 aromatic heterocycles. The van der Waals surface area contributed by atoms with Crippen LogP contribution >= 0.6 is 0 Å². The predicted octanol–water partition coefficient (Wildman–Crippen LogP) is 3.20. The monoisotopic (exact) mass is 157 g/mol. The fourth-order valence-electron chi connectivity index (χ4n) is 1.18. The Kier molecular flexibility index (Phi) is 8.03. The van der Waals surface area contributed by atoms with Crippen LogP contribution in [0.15, 0.2) is 0 Å². The van der Waals surface area contributed by atoms with Crippen molar-refractivity contribution >= 4 is 0 Å². The maximum Gasteiger partial charge on any atom is 0.0571 e. The summed E-state index contributed by atoms with van der Waals surface area (Å²) in [6.07, 6.45) is 7.78. The quantitative estimate of drug-likeness (QED) is 0.516. The van der Waals surface area contributed by atoms with Gasteiger partial charge in [-0.1, -0.05) is 39.5 Å². The van der Waals surface area contributed by atoms with Crippen LogP contribution in [0.2, 0.25) is 0 Å². The van der Waals surface area contributed by atoms with Crippen LogP contribution < -0.4 is 0 Å². The minimum Gasteiger partial charge on any atom is -0.381 e. The van der Waals surface area contributed by atoms with E-state index in [1.807, 2.05) is 0 Å². The molecule has 0 aromatic rings. The number of hydrogen-bond acceptors (Lipinski definition) is 1. The molecule has 0 fully saturated rings. The smallest absolute Gasteiger partial charge is 0.0571 e. The maximum atomic E-state index is 5.22. The van der Waals surface area contributed by atoms with Crippen molar-refractivity contribution < 1.29 is 4.74 Å². The molecule has 0 aliphatic heterocycles. The number of ether oxygens (including phenoxy) is 1. The van der Waals surface area contributed by atoms with E-state index in [1.54, 1.807) is 7.11 Å². The maximum absolute atomic E-state index is 5.22. The molecule has 0 amide bonds. The fourth-order valence-corrected chi connectivity index (χ4v) is 1.18. The van der Waals surface area contributed by atoms with Crippen LogP contribution in [-0.2, 0) is 4.74 Å². The molecule has 67 valence electrons. The van der Waals surface area contributed by atoms with Crippen molar-refractivity contribution in [3.8, 4) is 0 Å². The Labute approximate surface area is 71.1 Å². The minimum absolute atomic E-state index is 0.395. The third-order valence-corrected chi connectivity index (χ3v) is 2.03. The van der Waals surface area contributed by atoms with Crippen molar-refractivity contribution in [1.82, 2.24) is 0 Å². The Morgan fingerprint density at radius 1 is 1.27 bits per heavy atom. The standard InChI is InChI=1S/C10H21O/c1-4-6-7-8-9-10(5-2)11-3/h10H,2,4-9H2,1,3H3. The van der Waals surface area contributed by atoms with Gasteiger partial charge in [-0.05, 0) is 12.8 Å². The van der Waals surface area contributed by atoms with Crippen molar-refractivity contribution in [3.05, 3.63) is 6.92 Å². The predicted molar refractivity (Wildman–Crippen MR) is 49.5 cm³/mol. The highest BCUT2D eigenvalue weighted by atomic mass is 16.5. The van der Waals surface area contributed by atoms with Gasteiger partial charge in [0.1, 0.15) is 0 Å². The van der Waals surface area contributed by atoms with Crippen molar-refractivity contribution in [3.63, 3.8) is 0 Å². The first-order chi connectivity index (χ1) is 5.35. The van der Waals surface area contributed by atoms with Gasteiger partial charge in [0.15, 0.2) is 0 Å². The van der Waals surface area contributed by atoms with Gasteiger partial charge in [-0.15, -0.1) is 0 Å². The first-order valence-corrected chi connectivity index (χ1v) is 4.67. The van der Waals surface area contributed by atoms with Gasteiger partial charge in [-0.2, -0.15) is 0 Å². The highest BCUT2D eigenvalue weighted by Crippen LogP contribution is 2.09. The molecule has 0 spiro atoms. The van der Waals surface area contributed by atoms with Crippen molar-refractivity contribution in [2.24, 2.45) is 0 Å². The molecule has 0 aliphatic rings. The van der Waals surface area contributed by atoms with E-state index < -0.39 is 0 Å². The zero-order valence-electron chi connectivity index (χ0n) is 7.94. The largest absolute Gasteiger partial charge is 0.381 e. The zero-order chi connectivity index (χ0) is 8.53. The van der Waals surface area contributed by atoms with Crippen LogP contribution in [0, 0.1) is 6.92 Å². The summed E-state index contributed by atoms with van der Waals surface area (Å²) in [5.74, 6) is 0. The first-order valence-electron chi connectivity index (χ1n) is 4.67. The Hall–Kier alpha value is -0.0400. The fraction of sp³-hybridized carbons (Fsp3) is 0.900.